The number of hydrogen-bond donors (Lipinski definition) is 3. The molecule has 0 unspecified atom stereocenters. The number of halogens is 3. The van der Waals surface area contributed by atoms with Crippen LogP contribution in [0, 0.1) is 5.82 Å². The molecule has 206 valence electrons. The molecule has 0 bridgehead atoms. The van der Waals surface area contributed by atoms with Gasteiger partial charge in [0.25, 0.3) is 0 Å². The van der Waals surface area contributed by atoms with Crippen LogP contribution in [0.25, 0.3) is 22.4 Å². The van der Waals surface area contributed by atoms with E-state index in [1.165, 1.54) is 13.3 Å². The summed E-state index contributed by atoms with van der Waals surface area (Å²) in [5.41, 5.74) is 2.62. The van der Waals surface area contributed by atoms with E-state index in [2.05, 4.69) is 20.6 Å². The van der Waals surface area contributed by atoms with Gasteiger partial charge in [0.05, 0.1) is 47.3 Å². The van der Waals surface area contributed by atoms with Crippen molar-refractivity contribution in [3.63, 3.8) is 0 Å². The number of pyridine rings is 2. The van der Waals surface area contributed by atoms with Gasteiger partial charge in [-0.15, -0.1) is 0 Å². The molecule has 8 nitrogen and oxygen atoms in total. The molecule has 0 saturated carbocycles. The highest BCUT2D eigenvalue weighted by Crippen LogP contribution is 2.42. The van der Waals surface area contributed by atoms with Crippen LogP contribution in [0.15, 0.2) is 60.8 Å². The molecule has 2 aromatic heterocycles. The number of aldehydes is 1. The van der Waals surface area contributed by atoms with Crippen LogP contribution < -0.4 is 15.4 Å². The molecule has 40 heavy (non-hydrogen) atoms. The van der Waals surface area contributed by atoms with Crippen molar-refractivity contribution in [2.45, 2.75) is 12.1 Å². The Bertz CT molecular complexity index is 1570. The lowest BCUT2D eigenvalue weighted by Gasteiger charge is -2.36. The first-order valence-corrected chi connectivity index (χ1v) is 13.1. The van der Waals surface area contributed by atoms with Gasteiger partial charge < -0.3 is 25.2 Å². The number of nitrogens with one attached hydrogen (secondary N) is 2. The highest BCUT2D eigenvalue weighted by Gasteiger charge is 2.35. The second-order valence-electron chi connectivity index (χ2n) is 9.33. The molecule has 1 saturated heterocycles. The predicted molar refractivity (Wildman–Crippen MR) is 152 cm³/mol. The van der Waals surface area contributed by atoms with Gasteiger partial charge >= 0.3 is 0 Å². The molecule has 0 spiro atoms. The number of methoxy groups -OCH3 is 1. The molecule has 4 aromatic rings. The lowest BCUT2D eigenvalue weighted by molar-refractivity contribution is -0.174. The fourth-order valence-electron chi connectivity index (χ4n) is 4.33. The van der Waals surface area contributed by atoms with E-state index in [0.717, 1.165) is 0 Å². The molecule has 3 N–H and O–H groups in total. The molecule has 1 aliphatic rings. The summed E-state index contributed by atoms with van der Waals surface area (Å²) in [4.78, 5) is 19.8. The maximum absolute atomic E-state index is 15.3. The molecule has 0 amide bonds. The van der Waals surface area contributed by atoms with Gasteiger partial charge in [-0.05, 0) is 24.3 Å². The predicted octanol–water partition coefficient (Wildman–Crippen LogP) is 5.67. The summed E-state index contributed by atoms with van der Waals surface area (Å²) in [6, 6.07) is 15.6. The average molecular weight is 583 g/mol. The fourth-order valence-corrected chi connectivity index (χ4v) is 4.93. The Kier molecular flexibility index (Phi) is 8.30. The number of hydrogen-bond acceptors (Lipinski definition) is 8. The monoisotopic (exact) mass is 582 g/mol. The lowest BCUT2D eigenvalue weighted by Crippen LogP contribution is -2.56. The molecule has 2 aromatic carbocycles. The Morgan fingerprint density at radius 1 is 1.07 bits per heavy atom. The third-order valence-electron chi connectivity index (χ3n) is 6.51. The Morgan fingerprint density at radius 3 is 2.50 bits per heavy atom. The number of benzene rings is 2. The zero-order valence-electron chi connectivity index (χ0n) is 21.4. The minimum absolute atomic E-state index is 0.00968. The third-order valence-corrected chi connectivity index (χ3v) is 7.32. The number of nitrogens with zero attached hydrogens (tertiary/aromatic N) is 2. The number of ether oxygens (including phenoxy) is 2. The minimum atomic E-state index is -0.918. The highest BCUT2D eigenvalue weighted by atomic mass is 35.5. The van der Waals surface area contributed by atoms with Crippen molar-refractivity contribution in [3.05, 3.63) is 87.8 Å². The third kappa shape index (κ3) is 5.65. The molecule has 11 heteroatoms. The van der Waals surface area contributed by atoms with Gasteiger partial charge in [0.2, 0.25) is 5.88 Å². The van der Waals surface area contributed by atoms with Gasteiger partial charge in [-0.1, -0.05) is 53.5 Å². The molecule has 5 rings (SSSR count). The first-order valence-electron chi connectivity index (χ1n) is 12.3. The van der Waals surface area contributed by atoms with Crippen LogP contribution >= 0.6 is 23.2 Å². The molecule has 1 aliphatic heterocycles. The van der Waals surface area contributed by atoms with Gasteiger partial charge in [0.1, 0.15) is 5.60 Å². The van der Waals surface area contributed by atoms with Gasteiger partial charge in [0.15, 0.2) is 17.9 Å². The summed E-state index contributed by atoms with van der Waals surface area (Å²) in [5.74, 6) is -0.333. The number of aliphatic hydroxyl groups is 1. The second-order valence-corrected chi connectivity index (χ2v) is 10.1. The van der Waals surface area contributed by atoms with Crippen molar-refractivity contribution in [2.75, 3.05) is 32.2 Å². The van der Waals surface area contributed by atoms with E-state index in [4.69, 9.17) is 32.7 Å². The average Bonchev–Trinajstić information content (AvgIpc) is 2.95. The highest BCUT2D eigenvalue weighted by molar-refractivity contribution is 6.39. The van der Waals surface area contributed by atoms with Crippen molar-refractivity contribution in [1.29, 1.82) is 0 Å². The normalized spacial score (nSPS) is 13.9. The molecular formula is C29H25Cl2FN4O4. The van der Waals surface area contributed by atoms with Crippen LogP contribution in [-0.4, -0.2) is 53.8 Å². The summed E-state index contributed by atoms with van der Waals surface area (Å²) < 4.78 is 25.6. The van der Waals surface area contributed by atoms with Crippen molar-refractivity contribution < 1.29 is 23.8 Å². The number of aromatic nitrogens is 2. The molecule has 3 heterocycles. The van der Waals surface area contributed by atoms with E-state index in [0.29, 0.717) is 55.5 Å². The Labute approximate surface area is 240 Å². The first kappa shape index (κ1) is 27.9. The maximum atomic E-state index is 15.3. The van der Waals surface area contributed by atoms with Crippen molar-refractivity contribution in [3.8, 4) is 28.3 Å². The zero-order valence-corrected chi connectivity index (χ0v) is 22.9. The van der Waals surface area contributed by atoms with Crippen molar-refractivity contribution >= 4 is 41.0 Å². The van der Waals surface area contributed by atoms with Crippen LogP contribution in [0.2, 0.25) is 10.0 Å². The van der Waals surface area contributed by atoms with Crippen molar-refractivity contribution in [2.24, 2.45) is 0 Å². The lowest BCUT2D eigenvalue weighted by atomic mass is 10.00. The van der Waals surface area contributed by atoms with E-state index in [-0.39, 0.29) is 38.0 Å². The zero-order chi connectivity index (χ0) is 28.3. The van der Waals surface area contributed by atoms with Crippen LogP contribution in [0.5, 0.6) is 5.88 Å². The fraction of sp³-hybridized carbons (Fsp3) is 0.207. The quantitative estimate of drug-likeness (QED) is 0.205. The Hall–Kier alpha value is -3.60. The molecule has 1 fully saturated rings. The van der Waals surface area contributed by atoms with Crippen LogP contribution in [0.1, 0.15) is 15.9 Å². The summed E-state index contributed by atoms with van der Waals surface area (Å²) in [7, 11) is 1.44. The van der Waals surface area contributed by atoms with E-state index in [1.807, 2.05) is 12.1 Å². The largest absolute Gasteiger partial charge is 0.480 e. The molecule has 0 radical (unpaired) electrons. The van der Waals surface area contributed by atoms with Crippen LogP contribution in [-0.2, 0) is 11.3 Å². The summed E-state index contributed by atoms with van der Waals surface area (Å²) in [6.45, 7) is 0.998. The summed E-state index contributed by atoms with van der Waals surface area (Å²) in [6.07, 6.45) is 2.17. The van der Waals surface area contributed by atoms with E-state index >= 15 is 4.39 Å². The topological polar surface area (TPSA) is 106 Å². The number of anilines is 2. The Morgan fingerprint density at radius 2 is 1.80 bits per heavy atom. The molecule has 0 atom stereocenters. The van der Waals surface area contributed by atoms with E-state index < -0.39 is 11.4 Å². The number of rotatable bonds is 10. The SMILES string of the molecule is COc1nc(-c2cccc(-c3cccc(Nc4nccc(CNCC5(O)COC5)c4F)c3Cl)c2Cl)ccc1C=O. The second kappa shape index (κ2) is 11.9. The van der Waals surface area contributed by atoms with Gasteiger partial charge in [-0.25, -0.2) is 14.4 Å². The number of carbonyl (C=O) groups excluding carboxylic acids is 1. The first-order chi connectivity index (χ1) is 19.3. The van der Waals surface area contributed by atoms with Crippen LogP contribution in [0.4, 0.5) is 15.9 Å². The maximum Gasteiger partial charge on any atom is 0.224 e. The number of carbonyl (C=O) groups is 1. The van der Waals surface area contributed by atoms with Gasteiger partial charge in [-0.2, -0.15) is 0 Å². The minimum Gasteiger partial charge on any atom is -0.480 e. The smallest absolute Gasteiger partial charge is 0.224 e. The molecular weight excluding hydrogens is 558 g/mol. The standard InChI is InChI=1S/C29H25Cl2FN4O4/c1-39-28-18(13-37)8-9-22(36-28)21-6-2-4-19(24(21)30)20-5-3-7-23(25(20)31)35-27-26(32)17(10-11-34-27)12-33-14-29(38)15-40-16-29/h2-11,13,33,38H,12,14-16H2,1H3,(H,34,35). The van der Waals surface area contributed by atoms with Gasteiger partial charge in [0, 0.05) is 41.5 Å². The van der Waals surface area contributed by atoms with E-state index in [1.54, 1.807) is 42.5 Å². The van der Waals surface area contributed by atoms with Crippen molar-refractivity contribution in [1.82, 2.24) is 15.3 Å². The van der Waals surface area contributed by atoms with E-state index in [9.17, 15) is 9.90 Å². The van der Waals surface area contributed by atoms with Gasteiger partial charge in [-0.3, -0.25) is 4.79 Å². The summed E-state index contributed by atoms with van der Waals surface area (Å²) >= 11 is 13.6. The summed E-state index contributed by atoms with van der Waals surface area (Å²) in [5, 5.41) is 16.9. The Balaban J connectivity index is 1.41. The van der Waals surface area contributed by atoms with Crippen LogP contribution in [0.3, 0.4) is 0 Å². The molecule has 0 aliphatic carbocycles.